The van der Waals surface area contributed by atoms with Crippen LogP contribution in [0.15, 0.2) is 18.5 Å². The van der Waals surface area contributed by atoms with Crippen LogP contribution in [-0.2, 0) is 9.59 Å². The highest BCUT2D eigenvalue weighted by Crippen LogP contribution is 2.45. The average Bonchev–Trinajstić information content (AvgIpc) is 3.29. The van der Waals surface area contributed by atoms with Gasteiger partial charge < -0.3 is 14.9 Å². The first-order valence-electron chi connectivity index (χ1n) is 8.88. The Morgan fingerprint density at radius 1 is 1.24 bits per heavy atom. The Morgan fingerprint density at radius 2 is 2.00 bits per heavy atom. The minimum atomic E-state index is -1.01. The van der Waals surface area contributed by atoms with Gasteiger partial charge in [0.25, 0.3) is 0 Å². The fourth-order valence-corrected chi connectivity index (χ4v) is 4.77. The molecule has 6 nitrogen and oxygen atoms in total. The van der Waals surface area contributed by atoms with E-state index in [4.69, 9.17) is 0 Å². The summed E-state index contributed by atoms with van der Waals surface area (Å²) in [5, 5.41) is 9.90. The second kappa shape index (κ2) is 5.97. The number of carboxylic acid groups (broad SMARTS) is 1. The molecule has 4 rings (SSSR count). The number of aromatic nitrogens is 1. The molecule has 0 unspecified atom stereocenters. The predicted octanol–water partition coefficient (Wildman–Crippen LogP) is 1.76. The number of amides is 1. The monoisotopic (exact) mass is 347 g/mol. The molecule has 1 aromatic heterocycles. The van der Waals surface area contributed by atoms with Crippen molar-refractivity contribution in [3.63, 3.8) is 0 Å². The van der Waals surface area contributed by atoms with Crippen LogP contribution < -0.4 is 4.90 Å². The highest BCUT2D eigenvalue weighted by molar-refractivity contribution is 5.84. The van der Waals surface area contributed by atoms with Crippen LogP contribution >= 0.6 is 0 Å². The second-order valence-electron chi connectivity index (χ2n) is 7.57. The first-order valence-corrected chi connectivity index (χ1v) is 8.88. The molecule has 0 bridgehead atoms. The summed E-state index contributed by atoms with van der Waals surface area (Å²) in [4.78, 5) is 32.1. The molecule has 1 amide bonds. The highest BCUT2D eigenvalue weighted by atomic mass is 19.1. The van der Waals surface area contributed by atoms with Crippen LogP contribution in [0.1, 0.15) is 25.7 Å². The molecule has 1 aliphatic carbocycles. The molecule has 1 aromatic rings. The minimum Gasteiger partial charge on any atom is -0.481 e. The number of carbonyl (C=O) groups excluding carboxylic acids is 1. The lowest BCUT2D eigenvalue weighted by molar-refractivity contribution is -0.148. The van der Waals surface area contributed by atoms with E-state index in [9.17, 15) is 19.1 Å². The number of halogens is 1. The number of anilines is 1. The third-order valence-electron chi connectivity index (χ3n) is 6.14. The van der Waals surface area contributed by atoms with Crippen LogP contribution in [0.25, 0.3) is 0 Å². The Labute approximate surface area is 145 Å². The zero-order valence-electron chi connectivity index (χ0n) is 14.0. The van der Waals surface area contributed by atoms with E-state index in [1.807, 2.05) is 0 Å². The SMILES string of the molecule is O=C(C1CCCC1)N1C[C@@H]2CN(c3ccncc3F)C[C@]2(C(=O)O)C1. The van der Waals surface area contributed by atoms with E-state index in [1.165, 1.54) is 6.20 Å². The molecular formula is C18H22FN3O3. The van der Waals surface area contributed by atoms with E-state index in [1.54, 1.807) is 15.9 Å². The Hall–Kier alpha value is -2.18. The normalized spacial score (nSPS) is 29.2. The van der Waals surface area contributed by atoms with Gasteiger partial charge in [-0.15, -0.1) is 0 Å². The maximum atomic E-state index is 14.0. The van der Waals surface area contributed by atoms with Crippen LogP contribution in [0.2, 0.25) is 0 Å². The minimum absolute atomic E-state index is 0.0541. The van der Waals surface area contributed by atoms with Crippen molar-refractivity contribution in [3.8, 4) is 0 Å². The largest absolute Gasteiger partial charge is 0.481 e. The Kier molecular flexibility index (Phi) is 3.89. The lowest BCUT2D eigenvalue weighted by atomic mass is 9.81. The van der Waals surface area contributed by atoms with Gasteiger partial charge in [-0.25, -0.2) is 4.39 Å². The van der Waals surface area contributed by atoms with Crippen LogP contribution in [0.4, 0.5) is 10.1 Å². The summed E-state index contributed by atoms with van der Waals surface area (Å²) in [5.41, 5.74) is -0.622. The molecule has 1 saturated carbocycles. The van der Waals surface area contributed by atoms with Crippen LogP contribution in [0.3, 0.4) is 0 Å². The smallest absolute Gasteiger partial charge is 0.313 e. The van der Waals surface area contributed by atoms with E-state index in [-0.39, 0.29) is 30.8 Å². The van der Waals surface area contributed by atoms with Gasteiger partial charge in [-0.2, -0.15) is 0 Å². The molecule has 0 radical (unpaired) electrons. The number of fused-ring (bicyclic) bond motifs is 1. The number of carboxylic acids is 1. The first kappa shape index (κ1) is 16.3. The quantitative estimate of drug-likeness (QED) is 0.902. The van der Waals surface area contributed by atoms with Crippen molar-refractivity contribution in [1.82, 2.24) is 9.88 Å². The van der Waals surface area contributed by atoms with E-state index in [0.717, 1.165) is 31.9 Å². The average molecular weight is 347 g/mol. The number of nitrogens with zero attached hydrogens (tertiary/aromatic N) is 3. The van der Waals surface area contributed by atoms with Gasteiger partial charge in [0.2, 0.25) is 5.91 Å². The number of aliphatic carboxylic acids is 1. The van der Waals surface area contributed by atoms with Gasteiger partial charge in [-0.1, -0.05) is 12.8 Å². The van der Waals surface area contributed by atoms with E-state index in [2.05, 4.69) is 4.98 Å². The zero-order valence-corrected chi connectivity index (χ0v) is 14.0. The van der Waals surface area contributed by atoms with Crippen molar-refractivity contribution in [2.24, 2.45) is 17.3 Å². The summed E-state index contributed by atoms with van der Waals surface area (Å²) in [6.45, 7) is 1.35. The second-order valence-corrected chi connectivity index (χ2v) is 7.57. The molecule has 0 spiro atoms. The predicted molar refractivity (Wildman–Crippen MR) is 88.5 cm³/mol. The highest BCUT2D eigenvalue weighted by Gasteiger charge is 2.59. The molecular weight excluding hydrogens is 325 g/mol. The summed E-state index contributed by atoms with van der Waals surface area (Å²) in [6, 6.07) is 1.58. The molecule has 134 valence electrons. The van der Waals surface area contributed by atoms with E-state index >= 15 is 0 Å². The van der Waals surface area contributed by atoms with Gasteiger partial charge in [-0.3, -0.25) is 14.6 Å². The fraction of sp³-hybridized carbons (Fsp3) is 0.611. The number of carbonyl (C=O) groups is 2. The van der Waals surface area contributed by atoms with Crippen molar-refractivity contribution in [3.05, 3.63) is 24.3 Å². The Morgan fingerprint density at radius 3 is 2.64 bits per heavy atom. The van der Waals surface area contributed by atoms with Gasteiger partial charge in [0, 0.05) is 44.2 Å². The van der Waals surface area contributed by atoms with Gasteiger partial charge in [0.05, 0.1) is 11.9 Å². The maximum Gasteiger partial charge on any atom is 0.313 e. The molecule has 7 heteroatoms. The molecule has 2 atom stereocenters. The number of rotatable bonds is 3. The number of hydrogen-bond acceptors (Lipinski definition) is 4. The van der Waals surface area contributed by atoms with Crippen LogP contribution in [0.5, 0.6) is 0 Å². The molecule has 3 fully saturated rings. The van der Waals surface area contributed by atoms with Crippen LogP contribution in [-0.4, -0.2) is 53.0 Å². The van der Waals surface area contributed by atoms with Crippen LogP contribution in [0, 0.1) is 23.1 Å². The summed E-state index contributed by atoms with van der Waals surface area (Å²) < 4.78 is 14.0. The van der Waals surface area contributed by atoms with Crippen molar-refractivity contribution in [2.45, 2.75) is 25.7 Å². The third kappa shape index (κ3) is 2.56. The van der Waals surface area contributed by atoms with Crippen molar-refractivity contribution in [1.29, 1.82) is 0 Å². The first-order chi connectivity index (χ1) is 12.0. The van der Waals surface area contributed by atoms with E-state index < -0.39 is 17.2 Å². The topological polar surface area (TPSA) is 73.7 Å². The van der Waals surface area contributed by atoms with E-state index in [0.29, 0.717) is 18.8 Å². The maximum absolute atomic E-state index is 14.0. The summed E-state index contributed by atoms with van der Waals surface area (Å²) in [7, 11) is 0. The molecule has 1 N–H and O–H groups in total. The summed E-state index contributed by atoms with van der Waals surface area (Å²) in [5.74, 6) is -1.35. The van der Waals surface area contributed by atoms with Crippen molar-refractivity contribution < 1.29 is 19.1 Å². The zero-order chi connectivity index (χ0) is 17.6. The molecule has 3 aliphatic rings. The number of pyridine rings is 1. The lowest BCUT2D eigenvalue weighted by Gasteiger charge is -2.27. The molecule has 2 saturated heterocycles. The number of hydrogen-bond donors (Lipinski definition) is 1. The van der Waals surface area contributed by atoms with Gasteiger partial charge in [-0.05, 0) is 18.9 Å². The Bertz CT molecular complexity index is 707. The fourth-order valence-electron chi connectivity index (χ4n) is 4.77. The molecule has 3 heterocycles. The van der Waals surface area contributed by atoms with Crippen molar-refractivity contribution in [2.75, 3.05) is 31.1 Å². The third-order valence-corrected chi connectivity index (χ3v) is 6.14. The number of likely N-dealkylation sites (tertiary alicyclic amines) is 1. The Balaban J connectivity index is 1.55. The van der Waals surface area contributed by atoms with Crippen molar-refractivity contribution >= 4 is 17.6 Å². The van der Waals surface area contributed by atoms with Gasteiger partial charge >= 0.3 is 5.97 Å². The standard InChI is InChI=1S/C18H22FN3O3/c19-14-7-20-6-5-15(14)21-8-13-9-22(11-18(13,10-21)17(24)25)16(23)12-3-1-2-4-12/h5-7,12-13H,1-4,8-11H2,(H,24,25)/t13-,18-/m0/s1. The lowest BCUT2D eigenvalue weighted by Crippen LogP contribution is -2.43. The summed E-state index contributed by atoms with van der Waals surface area (Å²) >= 11 is 0. The van der Waals surface area contributed by atoms with Gasteiger partial charge in [0.15, 0.2) is 5.82 Å². The molecule has 0 aromatic carbocycles. The molecule has 2 aliphatic heterocycles. The molecule has 25 heavy (non-hydrogen) atoms. The summed E-state index contributed by atoms with van der Waals surface area (Å²) in [6.07, 6.45) is 6.63. The van der Waals surface area contributed by atoms with Gasteiger partial charge in [0.1, 0.15) is 5.41 Å².